The van der Waals surface area contributed by atoms with E-state index in [9.17, 15) is 15.0 Å². The zero-order chi connectivity index (χ0) is 17.6. The molecule has 1 aromatic heterocycles. The van der Waals surface area contributed by atoms with Gasteiger partial charge in [0.05, 0.1) is 5.56 Å². The number of aromatic nitrogens is 3. The van der Waals surface area contributed by atoms with Crippen molar-refractivity contribution in [2.24, 2.45) is 0 Å². The first kappa shape index (κ1) is 16.3. The van der Waals surface area contributed by atoms with Crippen LogP contribution in [0.4, 0.5) is 0 Å². The van der Waals surface area contributed by atoms with Crippen LogP contribution in [0, 0.1) is 0 Å². The number of phenols is 1. The van der Waals surface area contributed by atoms with Crippen molar-refractivity contribution in [1.29, 1.82) is 0 Å². The number of benzene rings is 2. The molecule has 3 rings (SSSR count). The molecule has 3 aromatic rings. The number of halogens is 1. The first-order chi connectivity index (χ1) is 11.2. The Labute approximate surface area is 143 Å². The maximum atomic E-state index is 11.4. The predicted octanol–water partition coefficient (Wildman–Crippen LogP) is 3.78. The second-order valence-electron chi connectivity index (χ2n) is 6.57. The van der Waals surface area contributed by atoms with Gasteiger partial charge in [-0.05, 0) is 35.7 Å². The van der Waals surface area contributed by atoms with Crippen molar-refractivity contribution in [2.45, 2.75) is 26.2 Å². The number of carboxylic acid groups (broad SMARTS) is 1. The van der Waals surface area contributed by atoms with Crippen LogP contribution >= 0.6 is 11.6 Å². The van der Waals surface area contributed by atoms with Gasteiger partial charge in [-0.2, -0.15) is 0 Å². The highest BCUT2D eigenvalue weighted by molar-refractivity contribution is 6.31. The van der Waals surface area contributed by atoms with Crippen LogP contribution in [0.1, 0.15) is 36.7 Å². The van der Waals surface area contributed by atoms with Gasteiger partial charge in [-0.15, -0.1) is 15.0 Å². The van der Waals surface area contributed by atoms with Gasteiger partial charge in [0, 0.05) is 10.6 Å². The van der Waals surface area contributed by atoms with E-state index in [1.165, 1.54) is 16.9 Å². The van der Waals surface area contributed by atoms with Crippen molar-refractivity contribution in [3.8, 4) is 11.4 Å². The van der Waals surface area contributed by atoms with Crippen LogP contribution in [0.3, 0.4) is 0 Å². The van der Waals surface area contributed by atoms with Crippen LogP contribution < -0.4 is 0 Å². The molecule has 124 valence electrons. The average molecular weight is 346 g/mol. The minimum Gasteiger partial charge on any atom is -0.505 e. The summed E-state index contributed by atoms with van der Waals surface area (Å²) in [6, 6.07) is 7.89. The molecule has 6 nitrogen and oxygen atoms in total. The first-order valence-electron chi connectivity index (χ1n) is 7.30. The Bertz CT molecular complexity index is 958. The predicted molar refractivity (Wildman–Crippen MR) is 91.2 cm³/mol. The maximum Gasteiger partial charge on any atom is 0.335 e. The van der Waals surface area contributed by atoms with Gasteiger partial charge in [-0.25, -0.2) is 4.79 Å². The van der Waals surface area contributed by atoms with E-state index in [-0.39, 0.29) is 17.0 Å². The summed E-state index contributed by atoms with van der Waals surface area (Å²) in [6.07, 6.45) is 0. The minimum absolute atomic E-state index is 0.0427. The molecule has 2 N–H and O–H groups in total. The van der Waals surface area contributed by atoms with Gasteiger partial charge in [0.25, 0.3) is 0 Å². The lowest BCUT2D eigenvalue weighted by atomic mass is 9.85. The molecular weight excluding hydrogens is 330 g/mol. The van der Waals surface area contributed by atoms with Gasteiger partial charge >= 0.3 is 5.97 Å². The molecule has 2 aromatic carbocycles. The molecule has 24 heavy (non-hydrogen) atoms. The molecule has 0 radical (unpaired) electrons. The molecule has 0 unspecified atom stereocenters. The fraction of sp³-hybridized carbons (Fsp3) is 0.235. The fourth-order valence-electron chi connectivity index (χ4n) is 2.46. The normalized spacial score (nSPS) is 11.8. The van der Waals surface area contributed by atoms with Crippen LogP contribution in [0.15, 0.2) is 30.3 Å². The van der Waals surface area contributed by atoms with E-state index in [1.54, 1.807) is 18.2 Å². The standard InChI is InChI=1S/C17H16ClN3O3/c1-17(2,3)11-6-9(16(23)24)7-14(15(11)22)21-19-12-5-4-10(18)8-13(12)20-21/h4-8,22H,1-3H3,(H,23,24). The summed E-state index contributed by atoms with van der Waals surface area (Å²) >= 11 is 5.95. The highest BCUT2D eigenvalue weighted by Crippen LogP contribution is 2.36. The zero-order valence-corrected chi connectivity index (χ0v) is 14.2. The molecule has 0 spiro atoms. The number of hydrogen-bond donors (Lipinski definition) is 2. The highest BCUT2D eigenvalue weighted by Gasteiger charge is 2.24. The van der Waals surface area contributed by atoms with Crippen molar-refractivity contribution < 1.29 is 15.0 Å². The minimum atomic E-state index is -1.08. The van der Waals surface area contributed by atoms with Gasteiger partial charge in [0.1, 0.15) is 22.5 Å². The Kier molecular flexibility index (Phi) is 3.72. The third-order valence-electron chi connectivity index (χ3n) is 3.70. The Morgan fingerprint density at radius 3 is 2.42 bits per heavy atom. The lowest BCUT2D eigenvalue weighted by molar-refractivity contribution is 0.0696. The van der Waals surface area contributed by atoms with E-state index >= 15 is 0 Å². The molecule has 0 aliphatic carbocycles. The van der Waals surface area contributed by atoms with Crippen LogP contribution in [0.25, 0.3) is 16.7 Å². The van der Waals surface area contributed by atoms with Gasteiger partial charge < -0.3 is 10.2 Å². The molecule has 0 aliphatic heterocycles. The molecule has 0 atom stereocenters. The van der Waals surface area contributed by atoms with E-state index in [4.69, 9.17) is 11.6 Å². The Balaban J connectivity index is 2.28. The molecule has 0 amide bonds. The highest BCUT2D eigenvalue weighted by atomic mass is 35.5. The Hall–Kier alpha value is -2.60. The fourth-order valence-corrected chi connectivity index (χ4v) is 2.63. The smallest absolute Gasteiger partial charge is 0.335 e. The summed E-state index contributed by atoms with van der Waals surface area (Å²) in [6.45, 7) is 5.68. The third kappa shape index (κ3) is 2.80. The second-order valence-corrected chi connectivity index (χ2v) is 7.01. The van der Waals surface area contributed by atoms with Gasteiger partial charge in [0.2, 0.25) is 0 Å². The molecular formula is C17H16ClN3O3. The number of hydrogen-bond acceptors (Lipinski definition) is 4. The summed E-state index contributed by atoms with van der Waals surface area (Å²) in [7, 11) is 0. The van der Waals surface area contributed by atoms with E-state index in [1.807, 2.05) is 20.8 Å². The summed E-state index contributed by atoms with van der Waals surface area (Å²) in [5, 5.41) is 29.1. The topological polar surface area (TPSA) is 88.2 Å². The molecule has 0 aliphatic rings. The SMILES string of the molecule is CC(C)(C)c1cc(C(=O)O)cc(-n2nc3ccc(Cl)cc3n2)c1O. The average Bonchev–Trinajstić information content (AvgIpc) is 2.88. The molecule has 0 fully saturated rings. The number of aromatic carboxylic acids is 1. The lowest BCUT2D eigenvalue weighted by Gasteiger charge is -2.22. The van der Waals surface area contributed by atoms with Crippen LogP contribution in [0.5, 0.6) is 5.75 Å². The second kappa shape index (κ2) is 5.49. The third-order valence-corrected chi connectivity index (χ3v) is 3.94. The van der Waals surface area contributed by atoms with Crippen molar-refractivity contribution >= 4 is 28.6 Å². The quantitative estimate of drug-likeness (QED) is 0.738. The van der Waals surface area contributed by atoms with E-state index in [0.717, 1.165) is 0 Å². The van der Waals surface area contributed by atoms with E-state index in [2.05, 4.69) is 10.2 Å². The lowest BCUT2D eigenvalue weighted by Crippen LogP contribution is -2.15. The Morgan fingerprint density at radius 2 is 1.79 bits per heavy atom. The number of aromatic hydroxyl groups is 1. The van der Waals surface area contributed by atoms with E-state index in [0.29, 0.717) is 21.6 Å². The monoisotopic (exact) mass is 345 g/mol. The molecule has 0 saturated heterocycles. The summed E-state index contributed by atoms with van der Waals surface area (Å²) in [4.78, 5) is 12.7. The molecule has 1 heterocycles. The van der Waals surface area contributed by atoms with Gasteiger partial charge in [0.15, 0.2) is 0 Å². The van der Waals surface area contributed by atoms with Gasteiger partial charge in [-0.3, -0.25) is 0 Å². The van der Waals surface area contributed by atoms with E-state index < -0.39 is 11.4 Å². The van der Waals surface area contributed by atoms with Crippen LogP contribution in [-0.2, 0) is 5.41 Å². The van der Waals surface area contributed by atoms with Crippen molar-refractivity contribution in [2.75, 3.05) is 0 Å². The summed E-state index contributed by atoms with van der Waals surface area (Å²) < 4.78 is 0. The maximum absolute atomic E-state index is 11.4. The zero-order valence-electron chi connectivity index (χ0n) is 13.4. The van der Waals surface area contributed by atoms with Crippen molar-refractivity contribution in [1.82, 2.24) is 15.0 Å². The molecule has 7 heteroatoms. The molecule has 0 saturated carbocycles. The number of carboxylic acids is 1. The largest absolute Gasteiger partial charge is 0.505 e. The van der Waals surface area contributed by atoms with Gasteiger partial charge in [-0.1, -0.05) is 32.4 Å². The summed E-state index contributed by atoms with van der Waals surface area (Å²) in [5.41, 5.74) is 1.49. The van der Waals surface area contributed by atoms with Crippen molar-refractivity contribution in [3.63, 3.8) is 0 Å². The number of phenolic OH excluding ortho intramolecular Hbond substituents is 1. The number of fused-ring (bicyclic) bond motifs is 1. The Morgan fingerprint density at radius 1 is 1.12 bits per heavy atom. The molecule has 0 bridgehead atoms. The van der Waals surface area contributed by atoms with Crippen LogP contribution in [-0.4, -0.2) is 31.2 Å². The summed E-state index contributed by atoms with van der Waals surface area (Å²) in [5.74, 6) is -1.12. The number of rotatable bonds is 2. The number of nitrogens with zero attached hydrogens (tertiary/aromatic N) is 3. The first-order valence-corrected chi connectivity index (χ1v) is 7.68. The van der Waals surface area contributed by atoms with Crippen molar-refractivity contribution in [3.05, 3.63) is 46.5 Å². The number of carbonyl (C=O) groups is 1. The van der Waals surface area contributed by atoms with Crippen LogP contribution in [0.2, 0.25) is 5.02 Å².